The van der Waals surface area contributed by atoms with E-state index >= 15 is 0 Å². The highest BCUT2D eigenvalue weighted by molar-refractivity contribution is 7.20. The SMILES string of the molecule is CC(=O)Nc1cc(NC(=O)/C=C/c2sc3ccccc3c2Cl)ccc1F. The summed E-state index contributed by atoms with van der Waals surface area (Å²) in [6.45, 7) is 1.28. The molecular formula is C19H14ClFN2O2S. The minimum Gasteiger partial charge on any atom is -0.324 e. The van der Waals surface area contributed by atoms with Crippen LogP contribution >= 0.6 is 22.9 Å². The molecular weight excluding hydrogens is 375 g/mol. The van der Waals surface area contributed by atoms with Crippen LogP contribution in [0.3, 0.4) is 0 Å². The third-order valence-electron chi connectivity index (χ3n) is 3.49. The van der Waals surface area contributed by atoms with Crippen LogP contribution in [0.1, 0.15) is 11.8 Å². The van der Waals surface area contributed by atoms with Gasteiger partial charge in [0.15, 0.2) is 0 Å². The lowest BCUT2D eigenvalue weighted by atomic mass is 10.2. The molecule has 0 fully saturated rings. The second kappa shape index (κ2) is 7.68. The number of rotatable bonds is 4. The van der Waals surface area contributed by atoms with Gasteiger partial charge in [-0.2, -0.15) is 0 Å². The molecule has 3 rings (SSSR count). The standard InChI is InChI=1S/C19H14ClFN2O2S/c1-11(24)22-15-10-12(6-7-14(15)21)23-18(25)9-8-17-19(20)13-4-2-3-5-16(13)26-17/h2-10H,1H3,(H,22,24)(H,23,25)/b9-8+. The number of thiophene rings is 1. The van der Waals surface area contributed by atoms with E-state index in [-0.39, 0.29) is 11.6 Å². The van der Waals surface area contributed by atoms with Crippen molar-refractivity contribution in [3.63, 3.8) is 0 Å². The van der Waals surface area contributed by atoms with E-state index < -0.39 is 11.7 Å². The third kappa shape index (κ3) is 4.09. The van der Waals surface area contributed by atoms with Gasteiger partial charge in [-0.15, -0.1) is 11.3 Å². The second-order valence-corrected chi connectivity index (χ2v) is 6.94. The molecule has 0 saturated heterocycles. The lowest BCUT2D eigenvalue weighted by Crippen LogP contribution is -2.10. The summed E-state index contributed by atoms with van der Waals surface area (Å²) in [6, 6.07) is 11.7. The summed E-state index contributed by atoms with van der Waals surface area (Å²) in [5.41, 5.74) is 0.374. The molecule has 0 saturated carbocycles. The van der Waals surface area contributed by atoms with Gasteiger partial charge in [0.2, 0.25) is 11.8 Å². The Hall–Kier alpha value is -2.70. The van der Waals surface area contributed by atoms with E-state index in [0.29, 0.717) is 10.7 Å². The van der Waals surface area contributed by atoms with E-state index in [0.717, 1.165) is 15.0 Å². The highest BCUT2D eigenvalue weighted by Crippen LogP contribution is 2.35. The Kier molecular flexibility index (Phi) is 5.35. The molecule has 26 heavy (non-hydrogen) atoms. The zero-order valence-corrected chi connectivity index (χ0v) is 15.2. The normalized spacial score (nSPS) is 11.0. The molecule has 2 aromatic carbocycles. The van der Waals surface area contributed by atoms with Crippen LogP contribution in [-0.4, -0.2) is 11.8 Å². The molecule has 0 bridgehead atoms. The third-order valence-corrected chi connectivity index (χ3v) is 5.15. The van der Waals surface area contributed by atoms with Crippen molar-refractivity contribution in [2.75, 3.05) is 10.6 Å². The largest absolute Gasteiger partial charge is 0.324 e. The number of anilines is 2. The monoisotopic (exact) mass is 388 g/mol. The van der Waals surface area contributed by atoms with Crippen LogP contribution in [0.15, 0.2) is 48.5 Å². The Morgan fingerprint density at radius 3 is 2.65 bits per heavy atom. The number of amides is 2. The number of hydrogen-bond acceptors (Lipinski definition) is 3. The Bertz CT molecular complexity index is 1030. The van der Waals surface area contributed by atoms with Gasteiger partial charge in [-0.25, -0.2) is 4.39 Å². The van der Waals surface area contributed by atoms with Gasteiger partial charge in [-0.05, 0) is 30.3 Å². The van der Waals surface area contributed by atoms with Crippen LogP contribution in [0.25, 0.3) is 16.2 Å². The molecule has 0 unspecified atom stereocenters. The van der Waals surface area contributed by atoms with Crippen molar-refractivity contribution in [3.8, 4) is 0 Å². The molecule has 2 amide bonds. The number of benzene rings is 2. The van der Waals surface area contributed by atoms with Gasteiger partial charge in [0.25, 0.3) is 0 Å². The smallest absolute Gasteiger partial charge is 0.248 e. The van der Waals surface area contributed by atoms with Gasteiger partial charge >= 0.3 is 0 Å². The lowest BCUT2D eigenvalue weighted by molar-refractivity contribution is -0.114. The van der Waals surface area contributed by atoms with E-state index in [1.165, 1.54) is 42.5 Å². The second-order valence-electron chi connectivity index (χ2n) is 5.47. The minimum atomic E-state index is -0.578. The molecule has 0 aliphatic carbocycles. The first kappa shape index (κ1) is 18.1. The van der Waals surface area contributed by atoms with E-state index in [2.05, 4.69) is 10.6 Å². The molecule has 3 aromatic rings. The van der Waals surface area contributed by atoms with Crippen molar-refractivity contribution in [2.45, 2.75) is 6.92 Å². The highest BCUT2D eigenvalue weighted by atomic mass is 35.5. The molecule has 132 valence electrons. The first-order valence-electron chi connectivity index (χ1n) is 7.67. The van der Waals surface area contributed by atoms with Crippen molar-refractivity contribution in [2.24, 2.45) is 0 Å². The van der Waals surface area contributed by atoms with E-state index in [1.54, 1.807) is 6.08 Å². The van der Waals surface area contributed by atoms with E-state index in [4.69, 9.17) is 11.6 Å². The Labute approximate surface area is 158 Å². The summed E-state index contributed by atoms with van der Waals surface area (Å²) < 4.78 is 14.7. The maximum absolute atomic E-state index is 13.6. The zero-order valence-electron chi connectivity index (χ0n) is 13.7. The van der Waals surface area contributed by atoms with Crippen LogP contribution in [0.2, 0.25) is 5.02 Å². The number of hydrogen-bond donors (Lipinski definition) is 2. The molecule has 0 aliphatic heterocycles. The van der Waals surface area contributed by atoms with Crippen molar-refractivity contribution in [1.29, 1.82) is 0 Å². The number of halogens is 2. The minimum absolute atomic E-state index is 0.00632. The number of nitrogens with one attached hydrogen (secondary N) is 2. The van der Waals surface area contributed by atoms with Gasteiger partial charge in [-0.3, -0.25) is 9.59 Å². The molecule has 1 heterocycles. The molecule has 7 heteroatoms. The average molecular weight is 389 g/mol. The molecule has 4 nitrogen and oxygen atoms in total. The van der Waals surface area contributed by atoms with Crippen LogP contribution in [0, 0.1) is 5.82 Å². The first-order chi connectivity index (χ1) is 12.4. The summed E-state index contributed by atoms with van der Waals surface area (Å²) in [5.74, 6) is -1.36. The van der Waals surface area contributed by atoms with Crippen LogP contribution in [0.5, 0.6) is 0 Å². The summed E-state index contributed by atoms with van der Waals surface area (Å²) >= 11 is 7.82. The molecule has 0 spiro atoms. The summed E-state index contributed by atoms with van der Waals surface area (Å²) in [7, 11) is 0. The number of carbonyl (C=O) groups excluding carboxylic acids is 2. The fourth-order valence-corrected chi connectivity index (χ4v) is 3.76. The average Bonchev–Trinajstić information content (AvgIpc) is 2.92. The first-order valence-corrected chi connectivity index (χ1v) is 8.86. The van der Waals surface area contributed by atoms with Gasteiger partial charge < -0.3 is 10.6 Å². The summed E-state index contributed by atoms with van der Waals surface area (Å²) in [6.07, 6.45) is 3.00. The predicted molar refractivity (Wildman–Crippen MR) is 105 cm³/mol. The quantitative estimate of drug-likeness (QED) is 0.595. The maximum Gasteiger partial charge on any atom is 0.248 e. The Balaban J connectivity index is 1.75. The van der Waals surface area contributed by atoms with Gasteiger partial charge in [0.05, 0.1) is 10.7 Å². The Morgan fingerprint density at radius 2 is 1.92 bits per heavy atom. The van der Waals surface area contributed by atoms with E-state index in [9.17, 15) is 14.0 Å². The summed E-state index contributed by atoms with van der Waals surface area (Å²) in [5, 5.41) is 6.54. The number of carbonyl (C=O) groups is 2. The predicted octanol–water partition coefficient (Wildman–Crippen LogP) is 5.30. The van der Waals surface area contributed by atoms with Crippen LogP contribution in [-0.2, 0) is 9.59 Å². The van der Waals surface area contributed by atoms with E-state index in [1.807, 2.05) is 24.3 Å². The topological polar surface area (TPSA) is 58.2 Å². The molecule has 2 N–H and O–H groups in total. The van der Waals surface area contributed by atoms with Crippen molar-refractivity contribution >= 4 is 62.3 Å². The summed E-state index contributed by atoms with van der Waals surface area (Å²) in [4.78, 5) is 24.0. The maximum atomic E-state index is 13.6. The molecule has 0 atom stereocenters. The van der Waals surface area contributed by atoms with Gasteiger partial charge in [0, 0.05) is 33.7 Å². The van der Waals surface area contributed by atoms with Crippen molar-refractivity contribution in [3.05, 3.63) is 64.3 Å². The van der Waals surface area contributed by atoms with Gasteiger partial charge in [0.1, 0.15) is 5.82 Å². The fourth-order valence-electron chi connectivity index (χ4n) is 2.36. The van der Waals surface area contributed by atoms with Crippen LogP contribution in [0.4, 0.5) is 15.8 Å². The fraction of sp³-hybridized carbons (Fsp3) is 0.0526. The zero-order chi connectivity index (χ0) is 18.7. The Morgan fingerprint density at radius 1 is 1.15 bits per heavy atom. The highest BCUT2D eigenvalue weighted by Gasteiger charge is 2.09. The molecule has 1 aromatic heterocycles. The van der Waals surface area contributed by atoms with Crippen molar-refractivity contribution in [1.82, 2.24) is 0 Å². The lowest BCUT2D eigenvalue weighted by Gasteiger charge is -2.07. The number of fused-ring (bicyclic) bond motifs is 1. The van der Waals surface area contributed by atoms with Crippen molar-refractivity contribution < 1.29 is 14.0 Å². The van der Waals surface area contributed by atoms with Gasteiger partial charge in [-0.1, -0.05) is 29.8 Å². The molecule has 0 aliphatic rings. The van der Waals surface area contributed by atoms with Crippen LogP contribution < -0.4 is 10.6 Å². The molecule has 0 radical (unpaired) electrons.